The van der Waals surface area contributed by atoms with Crippen LogP contribution in [-0.4, -0.2) is 86.7 Å². The molecule has 0 aliphatic carbocycles. The van der Waals surface area contributed by atoms with E-state index in [0.717, 1.165) is 58.8 Å². The van der Waals surface area contributed by atoms with Gasteiger partial charge in [-0.1, -0.05) is 0 Å². The lowest BCUT2D eigenvalue weighted by Gasteiger charge is -2.32. The molecule has 104 valence electrons. The molecule has 0 aromatic carbocycles. The fourth-order valence-electron chi connectivity index (χ4n) is 2.39. The SMILES string of the molecule is CN1CCN(NC(=O)CN2CCCNCC2)CC1. The maximum absolute atomic E-state index is 11.9. The average molecular weight is 255 g/mol. The van der Waals surface area contributed by atoms with E-state index in [1.54, 1.807) is 0 Å². The Bertz CT molecular complexity index is 257. The molecule has 0 atom stereocenters. The third kappa shape index (κ3) is 4.53. The van der Waals surface area contributed by atoms with Gasteiger partial charge in [-0.05, 0) is 26.6 Å². The molecule has 0 aromatic heterocycles. The Morgan fingerprint density at radius 3 is 2.67 bits per heavy atom. The molecule has 1 amide bonds. The minimum Gasteiger partial charge on any atom is -0.315 e. The molecule has 0 spiro atoms. The van der Waals surface area contributed by atoms with Crippen molar-refractivity contribution in [1.82, 2.24) is 25.6 Å². The van der Waals surface area contributed by atoms with Gasteiger partial charge in [0.15, 0.2) is 0 Å². The van der Waals surface area contributed by atoms with Crippen LogP contribution in [0.15, 0.2) is 0 Å². The molecule has 0 unspecified atom stereocenters. The van der Waals surface area contributed by atoms with E-state index in [9.17, 15) is 4.79 Å². The van der Waals surface area contributed by atoms with Crippen LogP contribution >= 0.6 is 0 Å². The summed E-state index contributed by atoms with van der Waals surface area (Å²) in [5.74, 6) is 0.126. The normalized spacial score (nSPS) is 24.7. The summed E-state index contributed by atoms with van der Waals surface area (Å²) in [6.07, 6.45) is 1.13. The molecular formula is C12H25N5O. The largest absolute Gasteiger partial charge is 0.315 e. The Morgan fingerprint density at radius 2 is 1.89 bits per heavy atom. The van der Waals surface area contributed by atoms with Crippen molar-refractivity contribution in [1.29, 1.82) is 0 Å². The van der Waals surface area contributed by atoms with Crippen molar-refractivity contribution in [3.05, 3.63) is 0 Å². The molecule has 6 heteroatoms. The number of carbonyl (C=O) groups excluding carboxylic acids is 1. The molecule has 0 aromatic rings. The van der Waals surface area contributed by atoms with Gasteiger partial charge in [-0.3, -0.25) is 15.1 Å². The summed E-state index contributed by atoms with van der Waals surface area (Å²) in [6, 6.07) is 0. The van der Waals surface area contributed by atoms with Gasteiger partial charge in [0.25, 0.3) is 0 Å². The van der Waals surface area contributed by atoms with Crippen LogP contribution in [0, 0.1) is 0 Å². The summed E-state index contributed by atoms with van der Waals surface area (Å²) in [7, 11) is 2.11. The number of piperazine rings is 1. The number of nitrogens with one attached hydrogen (secondary N) is 2. The molecule has 0 radical (unpaired) electrons. The third-order valence-electron chi connectivity index (χ3n) is 3.59. The standard InChI is InChI=1S/C12H25N5O/c1-15-7-9-17(10-8-15)14-12(18)11-16-5-2-3-13-4-6-16/h13H,2-11H2,1H3,(H,14,18). The lowest BCUT2D eigenvalue weighted by atomic mass is 10.3. The lowest BCUT2D eigenvalue weighted by molar-refractivity contribution is -0.127. The van der Waals surface area contributed by atoms with Gasteiger partial charge >= 0.3 is 0 Å². The van der Waals surface area contributed by atoms with Crippen LogP contribution in [0.1, 0.15) is 6.42 Å². The highest BCUT2D eigenvalue weighted by atomic mass is 16.2. The van der Waals surface area contributed by atoms with E-state index >= 15 is 0 Å². The van der Waals surface area contributed by atoms with Gasteiger partial charge in [0.1, 0.15) is 0 Å². The van der Waals surface area contributed by atoms with Gasteiger partial charge in [-0.25, -0.2) is 5.01 Å². The van der Waals surface area contributed by atoms with Crippen molar-refractivity contribution in [2.45, 2.75) is 6.42 Å². The highest BCUT2D eigenvalue weighted by molar-refractivity contribution is 5.77. The molecule has 2 fully saturated rings. The van der Waals surface area contributed by atoms with E-state index in [0.29, 0.717) is 6.54 Å². The Kier molecular flexibility index (Phi) is 5.37. The first-order valence-corrected chi connectivity index (χ1v) is 6.90. The molecule has 2 aliphatic heterocycles. The number of likely N-dealkylation sites (N-methyl/N-ethyl adjacent to an activating group) is 1. The van der Waals surface area contributed by atoms with Crippen molar-refractivity contribution >= 4 is 5.91 Å². The van der Waals surface area contributed by atoms with Crippen LogP contribution in [0.4, 0.5) is 0 Å². The summed E-state index contributed by atoms with van der Waals surface area (Å²) in [6.45, 7) is 8.45. The van der Waals surface area contributed by atoms with Gasteiger partial charge in [-0.15, -0.1) is 0 Å². The van der Waals surface area contributed by atoms with Gasteiger partial charge in [0.05, 0.1) is 6.54 Å². The zero-order valence-corrected chi connectivity index (χ0v) is 11.3. The van der Waals surface area contributed by atoms with Gasteiger partial charge in [-0.2, -0.15) is 0 Å². The van der Waals surface area contributed by atoms with Crippen molar-refractivity contribution in [3.63, 3.8) is 0 Å². The van der Waals surface area contributed by atoms with E-state index in [1.807, 2.05) is 5.01 Å². The highest BCUT2D eigenvalue weighted by Crippen LogP contribution is 1.97. The summed E-state index contributed by atoms with van der Waals surface area (Å²) >= 11 is 0. The fourth-order valence-corrected chi connectivity index (χ4v) is 2.39. The lowest BCUT2D eigenvalue weighted by Crippen LogP contribution is -2.54. The second kappa shape index (κ2) is 7.04. The van der Waals surface area contributed by atoms with E-state index in [4.69, 9.17) is 0 Å². The van der Waals surface area contributed by atoms with Crippen molar-refractivity contribution in [2.24, 2.45) is 0 Å². The molecular weight excluding hydrogens is 230 g/mol. The van der Waals surface area contributed by atoms with Crippen molar-refractivity contribution in [3.8, 4) is 0 Å². The van der Waals surface area contributed by atoms with Gasteiger partial charge in [0.2, 0.25) is 5.91 Å². The van der Waals surface area contributed by atoms with E-state index in [1.165, 1.54) is 0 Å². The number of hydrogen-bond acceptors (Lipinski definition) is 5. The predicted molar refractivity (Wildman–Crippen MR) is 71.1 cm³/mol. The minimum atomic E-state index is 0.126. The van der Waals surface area contributed by atoms with Crippen LogP contribution in [-0.2, 0) is 4.79 Å². The summed E-state index contributed by atoms with van der Waals surface area (Å²) in [5.41, 5.74) is 3.01. The van der Waals surface area contributed by atoms with Gasteiger partial charge in [0, 0.05) is 39.3 Å². The topological polar surface area (TPSA) is 50.9 Å². The number of hydrogen-bond donors (Lipinski definition) is 2. The molecule has 0 bridgehead atoms. The minimum absolute atomic E-state index is 0.126. The molecule has 2 saturated heterocycles. The van der Waals surface area contributed by atoms with Crippen LogP contribution in [0.3, 0.4) is 0 Å². The Balaban J connectivity index is 1.67. The van der Waals surface area contributed by atoms with Crippen LogP contribution in [0.25, 0.3) is 0 Å². The van der Waals surface area contributed by atoms with Crippen LogP contribution in [0.2, 0.25) is 0 Å². The molecule has 2 heterocycles. The highest BCUT2D eigenvalue weighted by Gasteiger charge is 2.17. The maximum atomic E-state index is 11.9. The summed E-state index contributed by atoms with van der Waals surface area (Å²) < 4.78 is 0. The quantitative estimate of drug-likeness (QED) is 0.647. The summed E-state index contributed by atoms with van der Waals surface area (Å²) in [5, 5.41) is 5.39. The fraction of sp³-hybridized carbons (Fsp3) is 0.917. The third-order valence-corrected chi connectivity index (χ3v) is 3.59. The second-order valence-electron chi connectivity index (χ2n) is 5.21. The smallest absolute Gasteiger partial charge is 0.248 e. The predicted octanol–water partition coefficient (Wildman–Crippen LogP) is -1.44. The van der Waals surface area contributed by atoms with E-state index in [2.05, 4.69) is 27.6 Å². The van der Waals surface area contributed by atoms with E-state index < -0.39 is 0 Å². The number of nitrogens with zero attached hydrogens (tertiary/aromatic N) is 3. The maximum Gasteiger partial charge on any atom is 0.248 e. The Labute approximate surface area is 109 Å². The number of carbonyl (C=O) groups is 1. The number of rotatable bonds is 3. The van der Waals surface area contributed by atoms with Crippen molar-refractivity contribution < 1.29 is 4.79 Å². The molecule has 2 aliphatic rings. The molecule has 2 N–H and O–H groups in total. The second-order valence-corrected chi connectivity index (χ2v) is 5.21. The van der Waals surface area contributed by atoms with E-state index in [-0.39, 0.29) is 5.91 Å². The first-order chi connectivity index (χ1) is 8.74. The molecule has 6 nitrogen and oxygen atoms in total. The average Bonchev–Trinajstić information content (AvgIpc) is 2.61. The van der Waals surface area contributed by atoms with Crippen molar-refractivity contribution in [2.75, 3.05) is 66.0 Å². The Morgan fingerprint density at radius 1 is 1.11 bits per heavy atom. The first-order valence-electron chi connectivity index (χ1n) is 6.90. The zero-order valence-electron chi connectivity index (χ0n) is 11.3. The Hall–Kier alpha value is -0.690. The zero-order chi connectivity index (χ0) is 12.8. The van der Waals surface area contributed by atoms with Gasteiger partial charge < -0.3 is 10.2 Å². The van der Waals surface area contributed by atoms with Crippen LogP contribution < -0.4 is 10.7 Å². The molecule has 18 heavy (non-hydrogen) atoms. The molecule has 0 saturated carbocycles. The first kappa shape index (κ1) is 13.7. The number of hydrazine groups is 1. The van der Waals surface area contributed by atoms with Crippen LogP contribution in [0.5, 0.6) is 0 Å². The molecule has 2 rings (SSSR count). The number of amides is 1. The summed E-state index contributed by atoms with van der Waals surface area (Å²) in [4.78, 5) is 16.5. The monoisotopic (exact) mass is 255 g/mol.